The van der Waals surface area contributed by atoms with Gasteiger partial charge in [-0.1, -0.05) is 5.21 Å². The fourth-order valence-corrected chi connectivity index (χ4v) is 2.67. The lowest BCUT2D eigenvalue weighted by atomic mass is 10.1. The van der Waals surface area contributed by atoms with Crippen LogP contribution in [0.25, 0.3) is 0 Å². The lowest BCUT2D eigenvalue weighted by Crippen LogP contribution is -2.35. The van der Waals surface area contributed by atoms with Crippen molar-refractivity contribution < 1.29 is 0 Å². The van der Waals surface area contributed by atoms with Gasteiger partial charge in [-0.15, -0.1) is 16.4 Å². The highest BCUT2D eigenvalue weighted by atomic mass is 79.9. The predicted octanol–water partition coefficient (Wildman–Crippen LogP) is 3.04. The standard InChI is InChI=1S/C12H17BrN4S/c1-12(2,3)14-5-10-7-17(16-15-10)6-9-4-11(13)18-8-9/h4,7-8,14H,5-6H2,1-3H3. The predicted molar refractivity (Wildman–Crippen MR) is 77.7 cm³/mol. The Bertz CT molecular complexity index is 512. The zero-order valence-electron chi connectivity index (χ0n) is 10.8. The van der Waals surface area contributed by atoms with E-state index in [1.165, 1.54) is 5.56 Å². The molecule has 0 spiro atoms. The van der Waals surface area contributed by atoms with Crippen molar-refractivity contribution in [3.63, 3.8) is 0 Å². The molecule has 1 N–H and O–H groups in total. The van der Waals surface area contributed by atoms with Crippen molar-refractivity contribution >= 4 is 27.3 Å². The molecular weight excluding hydrogens is 312 g/mol. The third-order valence-electron chi connectivity index (χ3n) is 2.35. The van der Waals surface area contributed by atoms with Crippen LogP contribution in [0.3, 0.4) is 0 Å². The van der Waals surface area contributed by atoms with E-state index in [2.05, 4.69) is 63.8 Å². The number of rotatable bonds is 4. The van der Waals surface area contributed by atoms with Crippen molar-refractivity contribution in [2.24, 2.45) is 0 Å². The summed E-state index contributed by atoms with van der Waals surface area (Å²) in [5.74, 6) is 0. The number of aromatic nitrogens is 3. The van der Waals surface area contributed by atoms with Crippen LogP contribution in [0.2, 0.25) is 0 Å². The van der Waals surface area contributed by atoms with E-state index < -0.39 is 0 Å². The second-order valence-corrected chi connectivity index (χ2v) is 7.56. The molecular formula is C12H17BrN4S. The molecule has 0 unspecified atom stereocenters. The average Bonchev–Trinajstić information content (AvgIpc) is 2.85. The number of thiophene rings is 1. The van der Waals surface area contributed by atoms with Crippen molar-refractivity contribution in [3.05, 3.63) is 32.7 Å². The van der Waals surface area contributed by atoms with E-state index in [0.717, 1.165) is 22.6 Å². The molecule has 0 aliphatic heterocycles. The summed E-state index contributed by atoms with van der Waals surface area (Å²) in [6.45, 7) is 7.93. The highest BCUT2D eigenvalue weighted by Gasteiger charge is 2.10. The summed E-state index contributed by atoms with van der Waals surface area (Å²) in [6.07, 6.45) is 1.99. The molecule has 0 bridgehead atoms. The van der Waals surface area contributed by atoms with Crippen LogP contribution >= 0.6 is 27.3 Å². The average molecular weight is 329 g/mol. The first-order chi connectivity index (χ1) is 8.42. The highest BCUT2D eigenvalue weighted by molar-refractivity contribution is 9.11. The second kappa shape index (κ2) is 5.50. The largest absolute Gasteiger partial charge is 0.306 e. The molecule has 0 fully saturated rings. The molecule has 6 heteroatoms. The molecule has 18 heavy (non-hydrogen) atoms. The Morgan fingerprint density at radius 1 is 1.44 bits per heavy atom. The number of nitrogens with zero attached hydrogens (tertiary/aromatic N) is 3. The molecule has 98 valence electrons. The van der Waals surface area contributed by atoms with Gasteiger partial charge in [-0.05, 0) is 53.7 Å². The van der Waals surface area contributed by atoms with Crippen LogP contribution < -0.4 is 5.32 Å². The first-order valence-corrected chi connectivity index (χ1v) is 7.46. The van der Waals surface area contributed by atoms with E-state index in [0.29, 0.717) is 0 Å². The third kappa shape index (κ3) is 4.19. The Morgan fingerprint density at radius 2 is 2.22 bits per heavy atom. The zero-order chi connectivity index (χ0) is 13.2. The minimum absolute atomic E-state index is 0.0992. The fraction of sp³-hybridized carbons (Fsp3) is 0.500. The molecule has 0 radical (unpaired) electrons. The van der Waals surface area contributed by atoms with Crippen molar-refractivity contribution in [1.82, 2.24) is 20.3 Å². The van der Waals surface area contributed by atoms with Gasteiger partial charge in [-0.25, -0.2) is 4.68 Å². The van der Waals surface area contributed by atoms with Crippen LogP contribution in [0.4, 0.5) is 0 Å². The van der Waals surface area contributed by atoms with Crippen molar-refractivity contribution in [2.75, 3.05) is 0 Å². The Labute approximate surface area is 120 Å². The van der Waals surface area contributed by atoms with Crippen LogP contribution in [0.15, 0.2) is 21.4 Å². The zero-order valence-corrected chi connectivity index (χ0v) is 13.2. The maximum Gasteiger partial charge on any atom is 0.0965 e. The SMILES string of the molecule is CC(C)(C)NCc1cn(Cc2csc(Br)c2)nn1. The van der Waals surface area contributed by atoms with Gasteiger partial charge in [0.2, 0.25) is 0 Å². The fourth-order valence-electron chi connectivity index (χ4n) is 1.47. The number of halogens is 1. The molecule has 0 aliphatic carbocycles. The summed E-state index contributed by atoms with van der Waals surface area (Å²) in [6, 6.07) is 2.11. The van der Waals surface area contributed by atoms with Gasteiger partial charge in [0.15, 0.2) is 0 Å². The van der Waals surface area contributed by atoms with Gasteiger partial charge >= 0.3 is 0 Å². The first-order valence-electron chi connectivity index (χ1n) is 5.79. The quantitative estimate of drug-likeness (QED) is 0.938. The second-order valence-electron chi connectivity index (χ2n) is 5.27. The summed E-state index contributed by atoms with van der Waals surface area (Å²) in [7, 11) is 0. The molecule has 2 rings (SSSR count). The Kier molecular flexibility index (Phi) is 4.19. The van der Waals surface area contributed by atoms with Gasteiger partial charge < -0.3 is 5.32 Å². The highest BCUT2D eigenvalue weighted by Crippen LogP contribution is 2.21. The molecule has 4 nitrogen and oxygen atoms in total. The lowest BCUT2D eigenvalue weighted by Gasteiger charge is -2.19. The summed E-state index contributed by atoms with van der Waals surface area (Å²) >= 11 is 5.15. The summed E-state index contributed by atoms with van der Waals surface area (Å²) in [5.41, 5.74) is 2.31. The van der Waals surface area contributed by atoms with E-state index >= 15 is 0 Å². The molecule has 0 atom stereocenters. The summed E-state index contributed by atoms with van der Waals surface area (Å²) in [4.78, 5) is 0. The first kappa shape index (κ1) is 13.7. The molecule has 0 amide bonds. The molecule has 2 heterocycles. The van der Waals surface area contributed by atoms with E-state index in [-0.39, 0.29) is 5.54 Å². The topological polar surface area (TPSA) is 42.7 Å². The maximum atomic E-state index is 4.16. The smallest absolute Gasteiger partial charge is 0.0965 e. The number of nitrogens with one attached hydrogen (secondary N) is 1. The Hall–Kier alpha value is -0.720. The Balaban J connectivity index is 1.94. The van der Waals surface area contributed by atoms with Gasteiger partial charge in [0.1, 0.15) is 0 Å². The van der Waals surface area contributed by atoms with Crippen LogP contribution in [0.5, 0.6) is 0 Å². The van der Waals surface area contributed by atoms with Crippen LogP contribution in [-0.2, 0) is 13.1 Å². The van der Waals surface area contributed by atoms with Gasteiger partial charge in [0.05, 0.1) is 22.2 Å². The van der Waals surface area contributed by atoms with E-state index in [1.54, 1.807) is 11.3 Å². The van der Waals surface area contributed by atoms with Gasteiger partial charge in [-0.3, -0.25) is 0 Å². The van der Waals surface area contributed by atoms with Crippen molar-refractivity contribution in [1.29, 1.82) is 0 Å². The Morgan fingerprint density at radius 3 is 2.83 bits per heavy atom. The summed E-state index contributed by atoms with van der Waals surface area (Å²) in [5, 5.41) is 13.8. The molecule has 2 aromatic rings. The number of hydrogen-bond donors (Lipinski definition) is 1. The molecule has 0 aliphatic rings. The van der Waals surface area contributed by atoms with E-state index in [1.807, 2.05) is 10.9 Å². The van der Waals surface area contributed by atoms with Gasteiger partial charge in [0.25, 0.3) is 0 Å². The lowest BCUT2D eigenvalue weighted by molar-refractivity contribution is 0.421. The van der Waals surface area contributed by atoms with Crippen molar-refractivity contribution in [3.8, 4) is 0 Å². The van der Waals surface area contributed by atoms with E-state index in [4.69, 9.17) is 0 Å². The van der Waals surface area contributed by atoms with Gasteiger partial charge in [0, 0.05) is 12.1 Å². The van der Waals surface area contributed by atoms with E-state index in [9.17, 15) is 0 Å². The maximum absolute atomic E-state index is 4.16. The van der Waals surface area contributed by atoms with Crippen LogP contribution in [0, 0.1) is 0 Å². The monoisotopic (exact) mass is 328 g/mol. The molecule has 0 saturated carbocycles. The molecule has 0 saturated heterocycles. The minimum atomic E-state index is 0.0992. The third-order valence-corrected chi connectivity index (χ3v) is 3.91. The number of hydrogen-bond acceptors (Lipinski definition) is 4. The summed E-state index contributed by atoms with van der Waals surface area (Å²) < 4.78 is 3.01. The normalized spacial score (nSPS) is 12.0. The van der Waals surface area contributed by atoms with Gasteiger partial charge in [-0.2, -0.15) is 0 Å². The van der Waals surface area contributed by atoms with Crippen molar-refractivity contribution in [2.45, 2.75) is 39.4 Å². The molecule has 2 aromatic heterocycles. The van der Waals surface area contributed by atoms with Crippen LogP contribution in [0.1, 0.15) is 32.0 Å². The molecule has 0 aromatic carbocycles. The minimum Gasteiger partial charge on any atom is -0.306 e. The van der Waals surface area contributed by atoms with Crippen LogP contribution in [-0.4, -0.2) is 20.5 Å².